The minimum Gasteiger partial charge on any atom is -0.363 e. The number of aromatic nitrogens is 3. The van der Waals surface area contributed by atoms with Crippen LogP contribution < -0.4 is 10.9 Å². The van der Waals surface area contributed by atoms with Gasteiger partial charge in [0, 0.05) is 17.1 Å². The highest BCUT2D eigenvalue weighted by molar-refractivity contribution is 7.09. The first-order valence-electron chi connectivity index (χ1n) is 4.43. The van der Waals surface area contributed by atoms with Crippen molar-refractivity contribution in [1.82, 2.24) is 15.0 Å². The molecule has 2 heterocycles. The van der Waals surface area contributed by atoms with Crippen molar-refractivity contribution in [3.63, 3.8) is 0 Å². The van der Waals surface area contributed by atoms with Crippen molar-refractivity contribution in [1.29, 1.82) is 0 Å². The smallest absolute Gasteiger partial charge is 0.252 e. The third-order valence-electron chi connectivity index (χ3n) is 1.77. The first-order chi connectivity index (χ1) is 7.24. The van der Waals surface area contributed by atoms with E-state index >= 15 is 0 Å². The van der Waals surface area contributed by atoms with Gasteiger partial charge in [-0.05, 0) is 6.92 Å². The van der Waals surface area contributed by atoms with Crippen molar-refractivity contribution in [2.24, 2.45) is 0 Å². The number of anilines is 1. The summed E-state index contributed by atoms with van der Waals surface area (Å²) in [6, 6.07) is 1.42. The maximum Gasteiger partial charge on any atom is 0.252 e. The van der Waals surface area contributed by atoms with E-state index in [0.29, 0.717) is 12.4 Å². The van der Waals surface area contributed by atoms with Crippen LogP contribution in [0, 0.1) is 6.92 Å². The van der Waals surface area contributed by atoms with E-state index in [2.05, 4.69) is 20.3 Å². The minimum atomic E-state index is -0.164. The topological polar surface area (TPSA) is 70.7 Å². The van der Waals surface area contributed by atoms with E-state index in [1.807, 2.05) is 12.3 Å². The Kier molecular flexibility index (Phi) is 2.77. The van der Waals surface area contributed by atoms with Gasteiger partial charge in [0.05, 0.1) is 12.9 Å². The molecule has 0 aliphatic heterocycles. The second-order valence-electron chi connectivity index (χ2n) is 3.03. The molecule has 0 aliphatic carbocycles. The Morgan fingerprint density at radius 2 is 2.47 bits per heavy atom. The van der Waals surface area contributed by atoms with E-state index in [-0.39, 0.29) is 5.56 Å². The summed E-state index contributed by atoms with van der Waals surface area (Å²) in [5, 5.41) is 6.00. The number of nitrogens with one attached hydrogen (secondary N) is 2. The van der Waals surface area contributed by atoms with Crippen LogP contribution in [0.1, 0.15) is 10.7 Å². The second-order valence-corrected chi connectivity index (χ2v) is 3.98. The third kappa shape index (κ3) is 2.63. The first kappa shape index (κ1) is 9.85. The Balaban J connectivity index is 2.02. The lowest BCUT2D eigenvalue weighted by Crippen LogP contribution is -2.08. The highest BCUT2D eigenvalue weighted by Gasteiger charge is 1.99. The molecule has 5 nitrogen and oxygen atoms in total. The van der Waals surface area contributed by atoms with E-state index in [0.717, 1.165) is 10.7 Å². The van der Waals surface area contributed by atoms with Gasteiger partial charge in [0.15, 0.2) is 0 Å². The number of hydrogen-bond donors (Lipinski definition) is 2. The van der Waals surface area contributed by atoms with Crippen LogP contribution in [0.4, 0.5) is 5.82 Å². The predicted molar refractivity (Wildman–Crippen MR) is 59.0 cm³/mol. The molecule has 0 radical (unpaired) electrons. The van der Waals surface area contributed by atoms with Gasteiger partial charge < -0.3 is 10.3 Å². The molecule has 0 amide bonds. The number of H-pyrrole nitrogens is 1. The van der Waals surface area contributed by atoms with E-state index < -0.39 is 0 Å². The van der Waals surface area contributed by atoms with Gasteiger partial charge in [-0.25, -0.2) is 9.97 Å². The standard InChI is InChI=1S/C9H10N4OS/c1-6-4-15-9(13-6)3-10-7-2-8(14)12-5-11-7/h2,4-5H,3H2,1H3,(H2,10,11,12,14). The summed E-state index contributed by atoms with van der Waals surface area (Å²) < 4.78 is 0. The Labute approximate surface area is 90.2 Å². The first-order valence-corrected chi connectivity index (χ1v) is 5.31. The molecule has 0 unspecified atom stereocenters. The highest BCUT2D eigenvalue weighted by atomic mass is 32.1. The molecule has 0 aromatic carbocycles. The molecule has 6 heteroatoms. The number of aromatic amines is 1. The zero-order valence-corrected chi connectivity index (χ0v) is 8.97. The van der Waals surface area contributed by atoms with Crippen molar-refractivity contribution in [3.05, 3.63) is 38.8 Å². The highest BCUT2D eigenvalue weighted by Crippen LogP contribution is 2.09. The van der Waals surface area contributed by atoms with Crippen LogP contribution in [0.3, 0.4) is 0 Å². The molecule has 0 atom stereocenters. The van der Waals surface area contributed by atoms with Crippen LogP contribution in [0.25, 0.3) is 0 Å². The normalized spacial score (nSPS) is 10.2. The molecule has 78 valence electrons. The van der Waals surface area contributed by atoms with Crippen LogP contribution in [0.2, 0.25) is 0 Å². The fourth-order valence-corrected chi connectivity index (χ4v) is 1.83. The van der Waals surface area contributed by atoms with Crippen LogP contribution >= 0.6 is 11.3 Å². The van der Waals surface area contributed by atoms with Crippen molar-refractivity contribution in [2.75, 3.05) is 5.32 Å². The average molecular weight is 222 g/mol. The maximum absolute atomic E-state index is 11.0. The zero-order chi connectivity index (χ0) is 10.7. The van der Waals surface area contributed by atoms with Crippen LogP contribution in [0.15, 0.2) is 22.6 Å². The average Bonchev–Trinajstić information content (AvgIpc) is 2.62. The molecule has 0 fully saturated rings. The van der Waals surface area contributed by atoms with Gasteiger partial charge in [-0.1, -0.05) is 0 Å². The Hall–Kier alpha value is -1.69. The molecule has 2 aromatic rings. The van der Waals surface area contributed by atoms with Crippen molar-refractivity contribution in [3.8, 4) is 0 Å². The molecule has 2 N–H and O–H groups in total. The maximum atomic E-state index is 11.0. The van der Waals surface area contributed by atoms with E-state index in [4.69, 9.17) is 0 Å². The lowest BCUT2D eigenvalue weighted by atomic mass is 10.5. The molecule has 2 rings (SSSR count). The molecule has 2 aromatic heterocycles. The summed E-state index contributed by atoms with van der Waals surface area (Å²) in [5.74, 6) is 0.562. The zero-order valence-electron chi connectivity index (χ0n) is 8.15. The number of aryl methyl sites for hydroxylation is 1. The molecule has 0 bridgehead atoms. The van der Waals surface area contributed by atoms with Gasteiger partial charge in [-0.15, -0.1) is 11.3 Å². The van der Waals surface area contributed by atoms with Gasteiger partial charge in [0.1, 0.15) is 10.8 Å². The summed E-state index contributed by atoms with van der Waals surface area (Å²) in [5.41, 5.74) is 0.846. The Bertz CT molecular complexity index is 505. The summed E-state index contributed by atoms with van der Waals surface area (Å²) >= 11 is 1.59. The summed E-state index contributed by atoms with van der Waals surface area (Å²) in [6.07, 6.45) is 1.37. The Morgan fingerprint density at radius 1 is 1.60 bits per heavy atom. The fraction of sp³-hybridized carbons (Fsp3) is 0.222. The number of thiazole rings is 1. The van der Waals surface area contributed by atoms with Crippen LogP contribution in [-0.4, -0.2) is 15.0 Å². The Morgan fingerprint density at radius 3 is 3.13 bits per heavy atom. The van der Waals surface area contributed by atoms with Gasteiger partial charge in [-0.2, -0.15) is 0 Å². The molecule has 0 saturated carbocycles. The molecule has 0 spiro atoms. The van der Waals surface area contributed by atoms with Gasteiger partial charge >= 0.3 is 0 Å². The monoisotopic (exact) mass is 222 g/mol. The van der Waals surface area contributed by atoms with E-state index in [1.165, 1.54) is 12.4 Å². The molecular weight excluding hydrogens is 212 g/mol. The minimum absolute atomic E-state index is 0.164. The molecule has 0 saturated heterocycles. The van der Waals surface area contributed by atoms with E-state index in [9.17, 15) is 4.79 Å². The number of nitrogens with zero attached hydrogens (tertiary/aromatic N) is 2. The van der Waals surface area contributed by atoms with Crippen molar-refractivity contribution >= 4 is 17.2 Å². The van der Waals surface area contributed by atoms with Crippen molar-refractivity contribution in [2.45, 2.75) is 13.5 Å². The number of hydrogen-bond acceptors (Lipinski definition) is 5. The van der Waals surface area contributed by atoms with Crippen molar-refractivity contribution < 1.29 is 0 Å². The van der Waals surface area contributed by atoms with Crippen LogP contribution in [-0.2, 0) is 6.54 Å². The predicted octanol–water partition coefficient (Wildman–Crippen LogP) is 1.15. The largest absolute Gasteiger partial charge is 0.363 e. The summed E-state index contributed by atoms with van der Waals surface area (Å²) in [6.45, 7) is 2.54. The lowest BCUT2D eigenvalue weighted by Gasteiger charge is -2.00. The number of rotatable bonds is 3. The second kappa shape index (κ2) is 4.22. The van der Waals surface area contributed by atoms with Gasteiger partial charge in [0.2, 0.25) is 0 Å². The van der Waals surface area contributed by atoms with Crippen LogP contribution in [0.5, 0.6) is 0 Å². The summed E-state index contributed by atoms with van der Waals surface area (Å²) in [7, 11) is 0. The van der Waals surface area contributed by atoms with Gasteiger partial charge in [0.25, 0.3) is 5.56 Å². The molecule has 0 aliphatic rings. The fourth-order valence-electron chi connectivity index (χ4n) is 1.12. The molecular formula is C9H10N4OS. The van der Waals surface area contributed by atoms with Gasteiger partial charge in [-0.3, -0.25) is 4.79 Å². The quantitative estimate of drug-likeness (QED) is 0.817. The van der Waals surface area contributed by atoms with E-state index in [1.54, 1.807) is 11.3 Å². The molecule has 15 heavy (non-hydrogen) atoms. The SMILES string of the molecule is Cc1csc(CNc2cc(=O)[nH]cn2)n1. The third-order valence-corrected chi connectivity index (χ3v) is 2.73. The lowest BCUT2D eigenvalue weighted by molar-refractivity contribution is 1.03. The summed E-state index contributed by atoms with van der Waals surface area (Å²) in [4.78, 5) is 21.7.